The van der Waals surface area contributed by atoms with Crippen molar-refractivity contribution in [3.05, 3.63) is 75.2 Å². The summed E-state index contributed by atoms with van der Waals surface area (Å²) in [5.74, 6) is -0.614. The number of amides is 3. The standard InChI is InChI=1S/C22H22ClN5O4/c23-17-3-1-2-16(12-17)18(25-20(29)15-8-10-28(11-9-15)21(24)30)13-4-6-14(7-5-13)19-26-22(31)32-27-19/h1-7,12,15,18H,8-11H2,(H2,24,30)(H,25,29)(H,26,27,31). The summed E-state index contributed by atoms with van der Waals surface area (Å²) in [6.45, 7) is 0.916. The van der Waals surface area contributed by atoms with E-state index in [0.29, 0.717) is 42.3 Å². The molecule has 9 nitrogen and oxygen atoms in total. The summed E-state index contributed by atoms with van der Waals surface area (Å²) >= 11 is 6.20. The molecule has 1 aromatic heterocycles. The van der Waals surface area contributed by atoms with Crippen molar-refractivity contribution >= 4 is 23.5 Å². The number of likely N-dealkylation sites (tertiary alicyclic amines) is 1. The highest BCUT2D eigenvalue weighted by atomic mass is 35.5. The zero-order valence-electron chi connectivity index (χ0n) is 17.1. The summed E-state index contributed by atoms with van der Waals surface area (Å²) in [5.41, 5.74) is 7.68. The van der Waals surface area contributed by atoms with Gasteiger partial charge in [0.05, 0.1) is 6.04 Å². The van der Waals surface area contributed by atoms with Gasteiger partial charge in [0.1, 0.15) is 0 Å². The van der Waals surface area contributed by atoms with Gasteiger partial charge in [-0.15, -0.1) is 0 Å². The third-order valence-corrected chi connectivity index (χ3v) is 5.84. The summed E-state index contributed by atoms with van der Waals surface area (Å²) in [4.78, 5) is 39.7. The third-order valence-electron chi connectivity index (χ3n) is 5.60. The molecule has 10 heteroatoms. The number of hydrogen-bond acceptors (Lipinski definition) is 5. The Hall–Kier alpha value is -3.59. The molecule has 4 rings (SSSR count). The third kappa shape index (κ3) is 4.83. The van der Waals surface area contributed by atoms with Crippen LogP contribution in [-0.2, 0) is 4.79 Å². The van der Waals surface area contributed by atoms with Crippen LogP contribution >= 0.6 is 11.6 Å². The number of nitrogens with zero attached hydrogens (tertiary/aromatic N) is 2. The number of hydrogen-bond donors (Lipinski definition) is 3. The van der Waals surface area contributed by atoms with E-state index in [0.717, 1.165) is 11.1 Å². The number of benzene rings is 2. The Kier molecular flexibility index (Phi) is 6.27. The highest BCUT2D eigenvalue weighted by Crippen LogP contribution is 2.28. The molecule has 1 aliphatic rings. The number of nitrogens with two attached hydrogens (primary N) is 1. The van der Waals surface area contributed by atoms with E-state index in [1.165, 1.54) is 0 Å². The molecule has 4 N–H and O–H groups in total. The summed E-state index contributed by atoms with van der Waals surface area (Å²) in [6.07, 6.45) is 1.10. The Morgan fingerprint density at radius 2 is 1.88 bits per heavy atom. The first-order valence-corrected chi connectivity index (χ1v) is 10.5. The van der Waals surface area contributed by atoms with Crippen LogP contribution in [-0.4, -0.2) is 40.1 Å². The van der Waals surface area contributed by atoms with Crippen molar-refractivity contribution in [2.45, 2.75) is 18.9 Å². The van der Waals surface area contributed by atoms with Gasteiger partial charge >= 0.3 is 11.8 Å². The monoisotopic (exact) mass is 455 g/mol. The van der Waals surface area contributed by atoms with Gasteiger partial charge in [0.15, 0.2) is 5.82 Å². The molecule has 0 bridgehead atoms. The molecule has 1 aliphatic heterocycles. The van der Waals surface area contributed by atoms with Crippen LogP contribution in [0.1, 0.15) is 30.0 Å². The molecule has 1 fully saturated rings. The molecule has 2 heterocycles. The van der Waals surface area contributed by atoms with Crippen molar-refractivity contribution in [1.29, 1.82) is 0 Å². The number of carbonyl (C=O) groups excluding carboxylic acids is 2. The second-order valence-corrected chi connectivity index (χ2v) is 8.10. The Bertz CT molecular complexity index is 1170. The number of aromatic amines is 1. The van der Waals surface area contributed by atoms with E-state index in [-0.39, 0.29) is 11.8 Å². The number of carbonyl (C=O) groups is 2. The summed E-state index contributed by atoms with van der Waals surface area (Å²) in [5, 5.41) is 7.38. The van der Waals surface area contributed by atoms with Crippen LogP contribution in [0.4, 0.5) is 4.79 Å². The minimum absolute atomic E-state index is 0.0935. The molecule has 3 aromatic rings. The zero-order valence-corrected chi connectivity index (χ0v) is 17.8. The molecule has 3 amide bonds. The van der Waals surface area contributed by atoms with Crippen LogP contribution in [0.15, 0.2) is 57.8 Å². The molecule has 2 aromatic carbocycles. The highest BCUT2D eigenvalue weighted by Gasteiger charge is 2.28. The van der Waals surface area contributed by atoms with Crippen LogP contribution < -0.4 is 16.8 Å². The summed E-state index contributed by atoms with van der Waals surface area (Å²) in [7, 11) is 0. The normalized spacial score (nSPS) is 15.3. The average Bonchev–Trinajstić information content (AvgIpc) is 3.24. The first-order valence-electron chi connectivity index (χ1n) is 10.2. The van der Waals surface area contributed by atoms with Crippen LogP contribution in [0, 0.1) is 5.92 Å². The maximum atomic E-state index is 13.1. The van der Waals surface area contributed by atoms with Gasteiger partial charge in [-0.25, -0.2) is 9.59 Å². The van der Waals surface area contributed by atoms with Gasteiger partial charge in [-0.05, 0) is 36.1 Å². The molecule has 0 saturated carbocycles. The van der Waals surface area contributed by atoms with Gasteiger partial charge in [-0.3, -0.25) is 14.3 Å². The Balaban J connectivity index is 1.56. The van der Waals surface area contributed by atoms with E-state index in [1.807, 2.05) is 30.3 Å². The minimum atomic E-state index is -0.629. The molecule has 32 heavy (non-hydrogen) atoms. The van der Waals surface area contributed by atoms with Crippen LogP contribution in [0.2, 0.25) is 5.02 Å². The summed E-state index contributed by atoms with van der Waals surface area (Å²) < 4.78 is 4.56. The van der Waals surface area contributed by atoms with E-state index in [2.05, 4.69) is 20.0 Å². The molecule has 1 atom stereocenters. The molecule has 0 spiro atoms. The Morgan fingerprint density at radius 1 is 1.16 bits per heavy atom. The van der Waals surface area contributed by atoms with Gasteiger partial charge in [0.2, 0.25) is 5.91 Å². The molecule has 0 radical (unpaired) electrons. The predicted molar refractivity (Wildman–Crippen MR) is 118 cm³/mol. The lowest BCUT2D eigenvalue weighted by molar-refractivity contribution is -0.126. The second kappa shape index (κ2) is 9.27. The molecule has 1 saturated heterocycles. The van der Waals surface area contributed by atoms with E-state index >= 15 is 0 Å². The fourth-order valence-corrected chi connectivity index (χ4v) is 4.05. The molecule has 1 unspecified atom stereocenters. The lowest BCUT2D eigenvalue weighted by Crippen LogP contribution is -2.45. The van der Waals surface area contributed by atoms with Crippen LogP contribution in [0.3, 0.4) is 0 Å². The number of nitrogens with one attached hydrogen (secondary N) is 2. The number of halogens is 1. The summed E-state index contributed by atoms with van der Waals surface area (Å²) in [6, 6.07) is 13.7. The quantitative estimate of drug-likeness (QED) is 0.543. The fraction of sp³-hybridized carbons (Fsp3) is 0.273. The van der Waals surface area contributed by atoms with Crippen molar-refractivity contribution in [2.75, 3.05) is 13.1 Å². The minimum Gasteiger partial charge on any atom is -0.351 e. The molecular formula is C22H22ClN5O4. The van der Waals surface area contributed by atoms with Crippen molar-refractivity contribution < 1.29 is 14.1 Å². The molecule has 0 aliphatic carbocycles. The lowest BCUT2D eigenvalue weighted by atomic mass is 9.93. The second-order valence-electron chi connectivity index (χ2n) is 7.66. The van der Waals surface area contributed by atoms with Gasteiger partial charge in [-0.1, -0.05) is 53.2 Å². The number of H-pyrrole nitrogens is 1. The van der Waals surface area contributed by atoms with E-state index in [9.17, 15) is 14.4 Å². The van der Waals surface area contributed by atoms with Crippen molar-refractivity contribution in [2.24, 2.45) is 11.7 Å². The maximum Gasteiger partial charge on any atom is 0.439 e. The van der Waals surface area contributed by atoms with Crippen molar-refractivity contribution in [1.82, 2.24) is 20.4 Å². The van der Waals surface area contributed by atoms with Crippen LogP contribution in [0.25, 0.3) is 11.4 Å². The number of rotatable bonds is 5. The van der Waals surface area contributed by atoms with E-state index in [4.69, 9.17) is 17.3 Å². The SMILES string of the molecule is NC(=O)N1CCC(C(=O)NC(c2ccc(-c3noc(=O)[nH]3)cc2)c2cccc(Cl)c2)CC1. The number of urea groups is 1. The predicted octanol–water partition coefficient (Wildman–Crippen LogP) is 2.68. The highest BCUT2D eigenvalue weighted by molar-refractivity contribution is 6.30. The zero-order chi connectivity index (χ0) is 22.7. The van der Waals surface area contributed by atoms with Gasteiger partial charge in [0, 0.05) is 29.6 Å². The number of primary amides is 1. The van der Waals surface area contributed by atoms with Crippen molar-refractivity contribution in [3.63, 3.8) is 0 Å². The van der Waals surface area contributed by atoms with E-state index in [1.54, 1.807) is 23.1 Å². The smallest absolute Gasteiger partial charge is 0.351 e. The van der Waals surface area contributed by atoms with Gasteiger partial charge in [0.25, 0.3) is 0 Å². The van der Waals surface area contributed by atoms with E-state index < -0.39 is 17.8 Å². The topological polar surface area (TPSA) is 134 Å². The fourth-order valence-electron chi connectivity index (χ4n) is 3.86. The van der Waals surface area contributed by atoms with Gasteiger partial charge < -0.3 is 16.0 Å². The first-order chi connectivity index (χ1) is 15.4. The Labute approximate surface area is 188 Å². The average molecular weight is 456 g/mol. The number of aromatic nitrogens is 2. The largest absolute Gasteiger partial charge is 0.439 e. The van der Waals surface area contributed by atoms with Gasteiger partial charge in [-0.2, -0.15) is 0 Å². The molecule has 166 valence electrons. The molecular weight excluding hydrogens is 434 g/mol. The van der Waals surface area contributed by atoms with Crippen LogP contribution in [0.5, 0.6) is 0 Å². The Morgan fingerprint density at radius 3 is 2.47 bits per heavy atom. The first kappa shape index (κ1) is 21.6. The van der Waals surface area contributed by atoms with Crippen molar-refractivity contribution in [3.8, 4) is 11.4 Å². The number of piperidine rings is 1. The maximum absolute atomic E-state index is 13.1. The lowest BCUT2D eigenvalue weighted by Gasteiger charge is -2.31.